The van der Waals surface area contributed by atoms with Crippen LogP contribution in [0.1, 0.15) is 41.4 Å². The predicted octanol–water partition coefficient (Wildman–Crippen LogP) is 3.48. The molecule has 3 aromatic rings. The smallest absolute Gasteiger partial charge is 0.318 e. The lowest BCUT2D eigenvalue weighted by Gasteiger charge is -2.44. The summed E-state index contributed by atoms with van der Waals surface area (Å²) in [5, 5.41) is 0. The number of hydrogen-bond donors (Lipinski definition) is 0. The number of aliphatic imine (C=N–C) groups is 2. The Morgan fingerprint density at radius 2 is 2.09 bits per heavy atom. The normalized spacial score (nSPS) is 21.8. The average Bonchev–Trinajstić information content (AvgIpc) is 3.24. The van der Waals surface area contributed by atoms with Crippen molar-refractivity contribution in [1.82, 2.24) is 24.4 Å². The van der Waals surface area contributed by atoms with Gasteiger partial charge in [-0.25, -0.2) is 14.4 Å². The van der Waals surface area contributed by atoms with E-state index < -0.39 is 0 Å². The molecule has 3 aliphatic rings. The van der Waals surface area contributed by atoms with Gasteiger partial charge in [-0.05, 0) is 44.8 Å². The number of rotatable bonds is 7. The number of imidazole rings is 1. The number of allylic oxidation sites excluding steroid dienone is 1. The SMILES string of the molecule is C=C(C=NC=NC)c1nc2c(C)nc(OC)nc2n1Cc1c#cc(C2CN3CCC2CC3)cc1F. The Labute approximate surface area is 204 Å². The van der Waals surface area contributed by atoms with Crippen molar-refractivity contribution in [2.75, 3.05) is 33.8 Å². The van der Waals surface area contributed by atoms with Crippen molar-refractivity contribution >= 4 is 29.3 Å². The molecule has 0 aliphatic carbocycles. The van der Waals surface area contributed by atoms with E-state index in [1.807, 2.05) is 6.92 Å². The molecule has 2 aromatic heterocycles. The molecule has 3 aliphatic heterocycles. The lowest BCUT2D eigenvalue weighted by molar-refractivity contribution is 0.0870. The Morgan fingerprint density at radius 3 is 2.74 bits per heavy atom. The van der Waals surface area contributed by atoms with Gasteiger partial charge in [0.15, 0.2) is 5.65 Å². The number of hydrogen-bond acceptors (Lipinski definition) is 6. The maximum absolute atomic E-state index is 15.4. The predicted molar refractivity (Wildman–Crippen MR) is 134 cm³/mol. The fourth-order valence-electron chi connectivity index (χ4n) is 5.10. The van der Waals surface area contributed by atoms with Crippen LogP contribution in [-0.2, 0) is 6.54 Å². The Bertz CT molecular complexity index is 1320. The molecule has 0 amide bonds. The van der Waals surface area contributed by atoms with Crippen LogP contribution in [0.3, 0.4) is 0 Å². The van der Waals surface area contributed by atoms with E-state index in [1.54, 1.807) is 23.9 Å². The van der Waals surface area contributed by atoms with Gasteiger partial charge in [-0.1, -0.05) is 18.7 Å². The van der Waals surface area contributed by atoms with Crippen LogP contribution < -0.4 is 4.74 Å². The van der Waals surface area contributed by atoms with Crippen molar-refractivity contribution in [3.05, 3.63) is 53.2 Å². The number of ether oxygens (including phenoxy) is 1. The van der Waals surface area contributed by atoms with Crippen LogP contribution >= 0.6 is 0 Å². The highest BCUT2D eigenvalue weighted by atomic mass is 19.1. The van der Waals surface area contributed by atoms with Crippen molar-refractivity contribution in [1.29, 1.82) is 0 Å². The van der Waals surface area contributed by atoms with Crippen LogP contribution in [-0.4, -0.2) is 70.8 Å². The molecule has 3 fully saturated rings. The molecule has 1 atom stereocenters. The maximum Gasteiger partial charge on any atom is 0.318 e. The summed E-state index contributed by atoms with van der Waals surface area (Å²) in [5.41, 5.74) is 3.59. The van der Waals surface area contributed by atoms with E-state index in [2.05, 4.69) is 43.6 Å². The van der Waals surface area contributed by atoms with Gasteiger partial charge in [0.1, 0.15) is 23.5 Å². The minimum atomic E-state index is -0.307. The average molecular weight is 474 g/mol. The zero-order valence-electron chi connectivity index (χ0n) is 20.3. The van der Waals surface area contributed by atoms with E-state index in [-0.39, 0.29) is 18.4 Å². The summed E-state index contributed by atoms with van der Waals surface area (Å²) in [4.78, 5) is 24.0. The minimum absolute atomic E-state index is 0.156. The fourth-order valence-corrected chi connectivity index (χ4v) is 5.10. The third-order valence-electron chi connectivity index (χ3n) is 6.93. The molecule has 9 heteroatoms. The lowest BCUT2D eigenvalue weighted by atomic mass is 9.76. The Morgan fingerprint density at radius 1 is 1.29 bits per heavy atom. The summed E-state index contributed by atoms with van der Waals surface area (Å²) in [6.07, 6.45) is 5.31. The van der Waals surface area contributed by atoms with E-state index >= 15 is 4.39 Å². The summed E-state index contributed by atoms with van der Waals surface area (Å²) in [6, 6.07) is 8.22. The first-order chi connectivity index (χ1) is 17.0. The van der Waals surface area contributed by atoms with E-state index in [4.69, 9.17) is 9.72 Å². The highest BCUT2D eigenvalue weighted by molar-refractivity contribution is 6.10. The largest absolute Gasteiger partial charge is 0.467 e. The van der Waals surface area contributed by atoms with Crippen LogP contribution in [0.2, 0.25) is 0 Å². The number of aryl methyl sites for hydroxylation is 1. The lowest BCUT2D eigenvalue weighted by Crippen LogP contribution is -2.46. The van der Waals surface area contributed by atoms with E-state index in [0.29, 0.717) is 45.7 Å². The first kappa shape index (κ1) is 23.1. The molecule has 3 saturated heterocycles. The van der Waals surface area contributed by atoms with Crippen LogP contribution in [0, 0.1) is 30.8 Å². The highest BCUT2D eigenvalue weighted by Crippen LogP contribution is 2.38. The third-order valence-corrected chi connectivity index (χ3v) is 6.93. The molecule has 0 radical (unpaired) electrons. The number of fused-ring (bicyclic) bond motifs is 4. The highest BCUT2D eigenvalue weighted by Gasteiger charge is 2.35. The molecule has 35 heavy (non-hydrogen) atoms. The molecule has 8 nitrogen and oxygen atoms in total. The molecule has 0 spiro atoms. The van der Waals surface area contributed by atoms with Crippen LogP contribution in [0.5, 0.6) is 6.01 Å². The van der Waals surface area contributed by atoms with Gasteiger partial charge in [0.25, 0.3) is 0 Å². The standard InChI is InChI=1S/C26H28FN7O/c1-16(12-29-15-28-3)24-31-23-17(2)30-26(35-4)32-25(23)34(24)13-20-6-5-19(11-22(20)27)21-14-33-9-7-18(21)8-10-33/h11-12,15,18,21H,1,7-10,13-14H2,2-4H3. The summed E-state index contributed by atoms with van der Waals surface area (Å²) in [6.45, 7) is 9.34. The van der Waals surface area contributed by atoms with Crippen LogP contribution in [0.25, 0.3) is 16.7 Å². The van der Waals surface area contributed by atoms with Gasteiger partial charge in [-0.3, -0.25) is 4.99 Å². The Hall–Kier alpha value is -3.64. The summed E-state index contributed by atoms with van der Waals surface area (Å²) in [5.74, 6) is 1.12. The molecule has 0 saturated carbocycles. The minimum Gasteiger partial charge on any atom is -0.467 e. The Kier molecular flexibility index (Phi) is 6.31. The second-order valence-electron chi connectivity index (χ2n) is 9.09. The van der Waals surface area contributed by atoms with E-state index in [0.717, 1.165) is 25.2 Å². The molecular formula is C26H28FN7O. The second-order valence-corrected chi connectivity index (χ2v) is 9.09. The third kappa shape index (κ3) is 4.42. The number of methoxy groups -OCH3 is 1. The van der Waals surface area contributed by atoms with Gasteiger partial charge in [-0.15, -0.1) is 0 Å². The van der Waals surface area contributed by atoms with Crippen molar-refractivity contribution in [3.8, 4) is 6.01 Å². The second kappa shape index (κ2) is 9.55. The molecule has 5 heterocycles. The van der Waals surface area contributed by atoms with Gasteiger partial charge in [0.05, 0.1) is 24.9 Å². The molecule has 0 N–H and O–H groups in total. The van der Waals surface area contributed by atoms with E-state index in [9.17, 15) is 0 Å². The van der Waals surface area contributed by atoms with Crippen molar-refractivity contribution in [3.63, 3.8) is 0 Å². The number of piperidine rings is 3. The summed E-state index contributed by atoms with van der Waals surface area (Å²) >= 11 is 0. The molecule has 2 bridgehead atoms. The first-order valence-corrected chi connectivity index (χ1v) is 11.7. The van der Waals surface area contributed by atoms with Gasteiger partial charge in [-0.2, -0.15) is 9.97 Å². The number of halogens is 1. The van der Waals surface area contributed by atoms with Crippen molar-refractivity contribution < 1.29 is 9.13 Å². The van der Waals surface area contributed by atoms with Gasteiger partial charge < -0.3 is 14.2 Å². The zero-order valence-corrected chi connectivity index (χ0v) is 20.3. The van der Waals surface area contributed by atoms with E-state index in [1.165, 1.54) is 26.3 Å². The van der Waals surface area contributed by atoms with Crippen LogP contribution in [0.15, 0.2) is 22.6 Å². The molecule has 6 rings (SSSR count). The van der Waals surface area contributed by atoms with Gasteiger partial charge >= 0.3 is 6.01 Å². The van der Waals surface area contributed by atoms with Crippen LogP contribution in [0.4, 0.5) is 4.39 Å². The van der Waals surface area contributed by atoms with Crippen molar-refractivity contribution in [2.45, 2.75) is 32.2 Å². The summed E-state index contributed by atoms with van der Waals surface area (Å²) in [7, 11) is 3.14. The Balaban J connectivity index is 1.52. The maximum atomic E-state index is 15.4. The molecule has 1 aromatic carbocycles. The fraction of sp³-hybridized carbons (Fsp3) is 0.423. The molecule has 180 valence electrons. The monoisotopic (exact) mass is 473 g/mol. The number of nitrogens with zero attached hydrogens (tertiary/aromatic N) is 7. The van der Waals surface area contributed by atoms with Crippen molar-refractivity contribution in [2.24, 2.45) is 15.9 Å². The first-order valence-electron chi connectivity index (χ1n) is 11.7. The molecule has 1 unspecified atom stereocenters. The topological polar surface area (TPSA) is 80.8 Å². The van der Waals surface area contributed by atoms with Gasteiger partial charge in [0.2, 0.25) is 0 Å². The summed E-state index contributed by atoms with van der Waals surface area (Å²) < 4.78 is 22.5. The molecular weight excluding hydrogens is 445 g/mol. The number of aromatic nitrogens is 4. The van der Waals surface area contributed by atoms with Gasteiger partial charge in [0, 0.05) is 36.9 Å². The zero-order chi connectivity index (χ0) is 24.5. The quantitative estimate of drug-likeness (QED) is 0.388.